The number of methoxy groups -OCH3 is 1. The Hall–Kier alpha value is -1.84. The maximum absolute atomic E-state index is 5.48. The van der Waals surface area contributed by atoms with Gasteiger partial charge in [-0.15, -0.1) is 0 Å². The van der Waals surface area contributed by atoms with Crippen LogP contribution in [-0.4, -0.2) is 31.1 Å². The maximum atomic E-state index is 5.48. The average Bonchev–Trinajstić information content (AvgIpc) is 3.22. The molecular weight excluding hydrogens is 284 g/mol. The molecule has 1 unspecified atom stereocenters. The summed E-state index contributed by atoms with van der Waals surface area (Å²) in [6.45, 7) is 3.32. The summed E-state index contributed by atoms with van der Waals surface area (Å²) in [6, 6.07) is 20.3. The third kappa shape index (κ3) is 2.75. The summed E-state index contributed by atoms with van der Waals surface area (Å²) in [5.41, 5.74) is 2.67. The molecule has 2 aromatic rings. The van der Waals surface area contributed by atoms with E-state index in [4.69, 9.17) is 4.74 Å². The molecule has 2 aromatic carbocycles. The van der Waals surface area contributed by atoms with E-state index >= 15 is 0 Å². The van der Waals surface area contributed by atoms with E-state index in [1.54, 1.807) is 7.11 Å². The molecule has 0 radical (unpaired) electrons. The normalized spacial score (nSPS) is 28.9. The number of rotatable bonds is 5. The van der Waals surface area contributed by atoms with Crippen LogP contribution in [0.3, 0.4) is 0 Å². The Bertz CT molecular complexity index is 658. The quantitative estimate of drug-likeness (QED) is 0.918. The fourth-order valence-electron chi connectivity index (χ4n) is 4.27. The van der Waals surface area contributed by atoms with E-state index in [9.17, 15) is 0 Å². The Morgan fingerprint density at radius 3 is 2.70 bits per heavy atom. The van der Waals surface area contributed by atoms with Gasteiger partial charge in [0.05, 0.1) is 13.2 Å². The van der Waals surface area contributed by atoms with Crippen molar-refractivity contribution in [3.8, 4) is 5.75 Å². The van der Waals surface area contributed by atoms with Gasteiger partial charge in [-0.1, -0.05) is 48.5 Å². The lowest BCUT2D eigenvalue weighted by Gasteiger charge is -2.33. The van der Waals surface area contributed by atoms with Crippen molar-refractivity contribution in [3.05, 3.63) is 65.7 Å². The van der Waals surface area contributed by atoms with Crippen molar-refractivity contribution in [1.29, 1.82) is 0 Å². The van der Waals surface area contributed by atoms with E-state index in [0.29, 0.717) is 12.1 Å². The molecule has 0 spiro atoms. The van der Waals surface area contributed by atoms with Gasteiger partial charge in [0.2, 0.25) is 0 Å². The first-order valence-corrected chi connectivity index (χ1v) is 8.51. The molecule has 120 valence electrons. The lowest BCUT2D eigenvalue weighted by molar-refractivity contribution is 0.217. The Morgan fingerprint density at radius 1 is 1.09 bits per heavy atom. The zero-order valence-electron chi connectivity index (χ0n) is 13.6. The number of piperidine rings is 1. The number of nitrogens with one attached hydrogen (secondary N) is 1. The summed E-state index contributed by atoms with van der Waals surface area (Å²) in [5.74, 6) is 1.73. The van der Waals surface area contributed by atoms with Gasteiger partial charge in [0.1, 0.15) is 5.75 Å². The predicted molar refractivity (Wildman–Crippen MR) is 92.5 cm³/mol. The van der Waals surface area contributed by atoms with Gasteiger partial charge in [-0.05, 0) is 30.5 Å². The van der Waals surface area contributed by atoms with Crippen LogP contribution in [0.15, 0.2) is 54.6 Å². The van der Waals surface area contributed by atoms with Crippen LogP contribution in [0.4, 0.5) is 0 Å². The summed E-state index contributed by atoms with van der Waals surface area (Å²) < 4.78 is 5.48. The maximum Gasteiger partial charge on any atom is 0.123 e. The van der Waals surface area contributed by atoms with Gasteiger partial charge < -0.3 is 10.1 Å². The summed E-state index contributed by atoms with van der Waals surface area (Å²) >= 11 is 0. The highest BCUT2D eigenvalue weighted by molar-refractivity contribution is 5.33. The Balaban J connectivity index is 1.53. The highest BCUT2D eigenvalue weighted by Crippen LogP contribution is 2.42. The fourth-order valence-corrected chi connectivity index (χ4v) is 4.27. The zero-order valence-corrected chi connectivity index (χ0v) is 13.6. The smallest absolute Gasteiger partial charge is 0.123 e. The van der Waals surface area contributed by atoms with Crippen LogP contribution in [-0.2, 0) is 6.54 Å². The predicted octanol–water partition coefficient (Wildman–Crippen LogP) is 3.23. The Labute approximate surface area is 138 Å². The number of benzene rings is 2. The molecule has 4 atom stereocenters. The van der Waals surface area contributed by atoms with E-state index < -0.39 is 0 Å². The molecule has 0 aromatic heterocycles. The number of ether oxygens (including phenoxy) is 1. The Morgan fingerprint density at radius 2 is 1.87 bits per heavy atom. The molecule has 2 aliphatic rings. The molecule has 1 N–H and O–H groups in total. The van der Waals surface area contributed by atoms with Crippen LogP contribution in [0.1, 0.15) is 23.6 Å². The van der Waals surface area contributed by atoms with E-state index in [1.807, 2.05) is 12.1 Å². The summed E-state index contributed by atoms with van der Waals surface area (Å²) in [6.07, 6.45) is 1.31. The minimum atomic E-state index is 0.504. The van der Waals surface area contributed by atoms with E-state index in [-0.39, 0.29) is 0 Å². The van der Waals surface area contributed by atoms with Gasteiger partial charge in [0, 0.05) is 24.7 Å². The zero-order chi connectivity index (χ0) is 15.6. The largest absolute Gasteiger partial charge is 0.496 e. The Kier molecular flexibility index (Phi) is 4.06. The van der Waals surface area contributed by atoms with Crippen LogP contribution in [0.2, 0.25) is 0 Å². The summed E-state index contributed by atoms with van der Waals surface area (Å²) in [5, 5.41) is 3.83. The first kappa shape index (κ1) is 14.7. The molecule has 0 amide bonds. The first-order chi connectivity index (χ1) is 11.4. The van der Waals surface area contributed by atoms with Crippen LogP contribution >= 0.6 is 0 Å². The third-order valence-corrected chi connectivity index (χ3v) is 5.36. The van der Waals surface area contributed by atoms with Gasteiger partial charge >= 0.3 is 0 Å². The number of hydrogen-bond donors (Lipinski definition) is 1. The lowest BCUT2D eigenvalue weighted by Crippen LogP contribution is -2.42. The van der Waals surface area contributed by atoms with Crippen molar-refractivity contribution in [2.24, 2.45) is 5.92 Å². The third-order valence-electron chi connectivity index (χ3n) is 5.36. The van der Waals surface area contributed by atoms with E-state index in [0.717, 1.165) is 18.2 Å². The molecule has 23 heavy (non-hydrogen) atoms. The van der Waals surface area contributed by atoms with Crippen LogP contribution in [0.25, 0.3) is 0 Å². The lowest BCUT2D eigenvalue weighted by atomic mass is 9.89. The van der Waals surface area contributed by atoms with Crippen molar-refractivity contribution >= 4 is 0 Å². The monoisotopic (exact) mass is 308 g/mol. The standard InChI is InChI=1S/C20H24N2O/c1-23-18-10-6-5-9-16(18)13-21-19-17-11-12-22(14-17)20(19)15-7-3-2-4-8-15/h2-10,17,19-21H,11-14H2,1H3/t17-,19+,20+/m0/s1. The van der Waals surface area contributed by atoms with Gasteiger partial charge in [0.25, 0.3) is 0 Å². The van der Waals surface area contributed by atoms with Crippen molar-refractivity contribution in [1.82, 2.24) is 10.2 Å². The minimum absolute atomic E-state index is 0.504. The fraction of sp³-hybridized carbons (Fsp3) is 0.400. The molecule has 3 nitrogen and oxygen atoms in total. The second-order valence-electron chi connectivity index (χ2n) is 6.62. The van der Waals surface area contributed by atoms with Crippen molar-refractivity contribution in [2.45, 2.75) is 25.0 Å². The molecule has 2 fully saturated rings. The van der Waals surface area contributed by atoms with Crippen LogP contribution in [0.5, 0.6) is 5.75 Å². The summed E-state index contributed by atoms with van der Waals surface area (Å²) in [7, 11) is 1.74. The molecule has 2 saturated heterocycles. The molecule has 2 heterocycles. The highest BCUT2D eigenvalue weighted by Gasteiger charge is 2.46. The minimum Gasteiger partial charge on any atom is -0.496 e. The van der Waals surface area contributed by atoms with Gasteiger partial charge in [-0.2, -0.15) is 0 Å². The molecule has 0 saturated carbocycles. The molecule has 2 bridgehead atoms. The van der Waals surface area contributed by atoms with E-state index in [1.165, 1.54) is 30.6 Å². The van der Waals surface area contributed by atoms with Crippen LogP contribution < -0.4 is 10.1 Å². The number of para-hydroxylation sites is 1. The van der Waals surface area contributed by atoms with Gasteiger partial charge in [-0.25, -0.2) is 0 Å². The summed E-state index contributed by atoms with van der Waals surface area (Å²) in [4.78, 5) is 2.64. The van der Waals surface area contributed by atoms with Crippen LogP contribution in [0, 0.1) is 5.92 Å². The second kappa shape index (κ2) is 6.34. The topological polar surface area (TPSA) is 24.5 Å². The SMILES string of the molecule is COc1ccccc1CN[C@@H]1[C@H]2CCN(C2)[C@@H]1c1ccccc1. The molecular formula is C20H24N2O. The van der Waals surface area contributed by atoms with Gasteiger partial charge in [-0.3, -0.25) is 4.90 Å². The molecule has 4 rings (SSSR count). The number of fused-ring (bicyclic) bond motifs is 2. The first-order valence-electron chi connectivity index (χ1n) is 8.51. The number of nitrogens with zero attached hydrogens (tertiary/aromatic N) is 1. The second-order valence-corrected chi connectivity index (χ2v) is 6.62. The molecule has 2 aliphatic heterocycles. The average molecular weight is 308 g/mol. The number of hydrogen-bond acceptors (Lipinski definition) is 3. The molecule has 0 aliphatic carbocycles. The van der Waals surface area contributed by atoms with Crippen molar-refractivity contribution in [2.75, 3.05) is 20.2 Å². The highest BCUT2D eigenvalue weighted by atomic mass is 16.5. The van der Waals surface area contributed by atoms with Crippen molar-refractivity contribution < 1.29 is 4.74 Å². The van der Waals surface area contributed by atoms with E-state index in [2.05, 4.69) is 52.7 Å². The molecule has 3 heteroatoms. The van der Waals surface area contributed by atoms with Gasteiger partial charge in [0.15, 0.2) is 0 Å². The van der Waals surface area contributed by atoms with Crippen molar-refractivity contribution in [3.63, 3.8) is 0 Å².